The number of sulfonamides is 1. The summed E-state index contributed by atoms with van der Waals surface area (Å²) in [5.41, 5.74) is 1.30. The molecule has 3 heterocycles. The lowest BCUT2D eigenvalue weighted by Crippen LogP contribution is -2.44. The first-order valence-corrected chi connectivity index (χ1v) is 11.9. The van der Waals surface area contributed by atoms with Gasteiger partial charge in [0.25, 0.3) is 0 Å². The van der Waals surface area contributed by atoms with Gasteiger partial charge in [-0.05, 0) is 24.8 Å². The number of hydrogen-bond acceptors (Lipinski definition) is 6. The highest BCUT2D eigenvalue weighted by Crippen LogP contribution is 2.29. The molecular weight excluding hydrogens is 431 g/mol. The van der Waals surface area contributed by atoms with E-state index in [4.69, 9.17) is 11.6 Å². The largest absolute Gasteiger partial charge is 0.367 e. The molecule has 8 nitrogen and oxygen atoms in total. The van der Waals surface area contributed by atoms with Crippen molar-refractivity contribution in [3.05, 3.63) is 35.5 Å². The SMILES string of the molecule is CS(=O)(=O)N[C@@H]1CCCCC1CNc1nc(-c2c[nH]c3ncc(Cl)cc23)ncc1F. The van der Waals surface area contributed by atoms with E-state index >= 15 is 0 Å². The predicted octanol–water partition coefficient (Wildman–Crippen LogP) is 3.33. The maximum Gasteiger partial charge on any atom is 0.208 e. The van der Waals surface area contributed by atoms with Crippen molar-refractivity contribution in [1.29, 1.82) is 0 Å². The van der Waals surface area contributed by atoms with Crippen molar-refractivity contribution < 1.29 is 12.8 Å². The van der Waals surface area contributed by atoms with Crippen LogP contribution in [0.5, 0.6) is 0 Å². The Morgan fingerprint density at radius 2 is 2.07 bits per heavy atom. The molecule has 0 amide bonds. The molecule has 3 aromatic heterocycles. The molecule has 1 aliphatic carbocycles. The normalized spacial score (nSPS) is 19.8. The number of rotatable bonds is 6. The van der Waals surface area contributed by atoms with E-state index in [2.05, 4.69) is 30.0 Å². The van der Waals surface area contributed by atoms with Crippen molar-refractivity contribution in [3.8, 4) is 11.4 Å². The van der Waals surface area contributed by atoms with E-state index in [1.54, 1.807) is 12.3 Å². The van der Waals surface area contributed by atoms with Gasteiger partial charge in [0, 0.05) is 35.9 Å². The van der Waals surface area contributed by atoms with Gasteiger partial charge in [-0.1, -0.05) is 24.4 Å². The number of aromatic amines is 1. The van der Waals surface area contributed by atoms with Gasteiger partial charge in [0.2, 0.25) is 10.0 Å². The third kappa shape index (κ3) is 4.71. The van der Waals surface area contributed by atoms with Gasteiger partial charge in [0.1, 0.15) is 5.65 Å². The smallest absolute Gasteiger partial charge is 0.208 e. The van der Waals surface area contributed by atoms with Gasteiger partial charge in [-0.3, -0.25) is 0 Å². The minimum Gasteiger partial charge on any atom is -0.367 e. The second-order valence-electron chi connectivity index (χ2n) is 7.56. The molecule has 3 N–H and O–H groups in total. The number of nitrogens with one attached hydrogen (secondary N) is 3. The topological polar surface area (TPSA) is 113 Å². The molecule has 0 spiro atoms. The van der Waals surface area contributed by atoms with E-state index in [1.807, 2.05) is 0 Å². The van der Waals surface area contributed by atoms with Crippen LogP contribution < -0.4 is 10.0 Å². The molecular formula is C19H22ClFN6O2S. The van der Waals surface area contributed by atoms with Crippen molar-refractivity contribution >= 4 is 38.5 Å². The van der Waals surface area contributed by atoms with Crippen LogP contribution in [0.25, 0.3) is 22.4 Å². The summed E-state index contributed by atoms with van der Waals surface area (Å²) >= 11 is 6.05. The predicted molar refractivity (Wildman–Crippen MR) is 114 cm³/mol. The van der Waals surface area contributed by atoms with Crippen LogP contribution >= 0.6 is 11.6 Å². The number of halogens is 2. The maximum atomic E-state index is 14.4. The summed E-state index contributed by atoms with van der Waals surface area (Å²) in [6, 6.07) is 1.58. The Bertz CT molecular complexity index is 1170. The molecule has 160 valence electrons. The Morgan fingerprint density at radius 1 is 1.27 bits per heavy atom. The highest BCUT2D eigenvalue weighted by atomic mass is 35.5. The molecule has 1 fully saturated rings. The molecule has 1 saturated carbocycles. The fourth-order valence-electron chi connectivity index (χ4n) is 3.89. The van der Waals surface area contributed by atoms with Crippen LogP contribution in [0.1, 0.15) is 25.7 Å². The second-order valence-corrected chi connectivity index (χ2v) is 9.78. The maximum absolute atomic E-state index is 14.4. The zero-order chi connectivity index (χ0) is 21.3. The van der Waals surface area contributed by atoms with Crippen molar-refractivity contribution in [2.24, 2.45) is 5.92 Å². The minimum absolute atomic E-state index is 0.0439. The summed E-state index contributed by atoms with van der Waals surface area (Å²) in [5.74, 6) is -0.114. The van der Waals surface area contributed by atoms with Gasteiger partial charge >= 0.3 is 0 Å². The Labute approximate surface area is 178 Å². The van der Waals surface area contributed by atoms with Crippen molar-refractivity contribution in [2.75, 3.05) is 18.1 Å². The summed E-state index contributed by atoms with van der Waals surface area (Å²) in [4.78, 5) is 15.7. The summed E-state index contributed by atoms with van der Waals surface area (Å²) < 4.78 is 40.4. The Kier molecular flexibility index (Phi) is 5.90. The third-order valence-electron chi connectivity index (χ3n) is 5.29. The number of anilines is 1. The van der Waals surface area contributed by atoms with Crippen molar-refractivity contribution in [1.82, 2.24) is 24.7 Å². The number of aromatic nitrogens is 4. The van der Waals surface area contributed by atoms with Crippen LogP contribution in [-0.2, 0) is 10.0 Å². The molecule has 0 saturated heterocycles. The van der Waals surface area contributed by atoms with Crippen LogP contribution in [-0.4, -0.2) is 47.2 Å². The molecule has 2 atom stereocenters. The molecule has 1 unspecified atom stereocenters. The fourth-order valence-corrected chi connectivity index (χ4v) is 4.91. The van der Waals surface area contributed by atoms with Gasteiger partial charge in [-0.25, -0.2) is 32.5 Å². The number of pyridine rings is 1. The van der Waals surface area contributed by atoms with E-state index in [1.165, 1.54) is 6.20 Å². The first kappa shape index (κ1) is 21.0. The molecule has 0 aliphatic heterocycles. The average molecular weight is 453 g/mol. The zero-order valence-corrected chi connectivity index (χ0v) is 17.9. The van der Waals surface area contributed by atoms with Gasteiger partial charge in [0.15, 0.2) is 17.5 Å². The first-order valence-electron chi connectivity index (χ1n) is 9.67. The van der Waals surface area contributed by atoms with Crippen LogP contribution in [0, 0.1) is 11.7 Å². The fraction of sp³-hybridized carbons (Fsp3) is 0.421. The van der Waals surface area contributed by atoms with Crippen molar-refractivity contribution in [2.45, 2.75) is 31.7 Å². The van der Waals surface area contributed by atoms with E-state index in [0.29, 0.717) is 28.6 Å². The monoisotopic (exact) mass is 452 g/mol. The third-order valence-corrected chi connectivity index (χ3v) is 6.23. The standard InChI is InChI=1S/C19H22ClFN6O2S/c1-30(28,29)27-16-5-3-2-4-11(16)7-22-19-15(21)10-25-18(26-19)14-9-24-17-13(14)6-12(20)8-23-17/h6,8-11,16,27H,2-5,7H2,1H3,(H,23,24)(H,22,25,26)/t11?,16-/m1/s1. The average Bonchev–Trinajstić information content (AvgIpc) is 3.10. The van der Waals surface area contributed by atoms with Crippen LogP contribution in [0.15, 0.2) is 24.7 Å². The zero-order valence-electron chi connectivity index (χ0n) is 16.3. The Hall–Kier alpha value is -2.30. The number of fused-ring (bicyclic) bond motifs is 1. The molecule has 3 aromatic rings. The van der Waals surface area contributed by atoms with E-state index in [0.717, 1.165) is 43.5 Å². The van der Waals surface area contributed by atoms with E-state index in [-0.39, 0.29) is 17.8 Å². The molecule has 0 bridgehead atoms. The molecule has 0 aromatic carbocycles. The summed E-state index contributed by atoms with van der Waals surface area (Å²) in [7, 11) is -3.31. The summed E-state index contributed by atoms with van der Waals surface area (Å²) in [5, 5.41) is 4.27. The second kappa shape index (κ2) is 8.44. The van der Waals surface area contributed by atoms with Gasteiger partial charge in [-0.2, -0.15) is 0 Å². The quantitative estimate of drug-likeness (QED) is 0.528. The lowest BCUT2D eigenvalue weighted by molar-refractivity contribution is 0.301. The minimum atomic E-state index is -3.31. The Balaban J connectivity index is 1.55. The van der Waals surface area contributed by atoms with Crippen LogP contribution in [0.4, 0.5) is 10.2 Å². The van der Waals surface area contributed by atoms with Crippen LogP contribution in [0.2, 0.25) is 5.02 Å². The van der Waals surface area contributed by atoms with Gasteiger partial charge in [-0.15, -0.1) is 0 Å². The molecule has 0 radical (unpaired) electrons. The Morgan fingerprint density at radius 3 is 2.87 bits per heavy atom. The van der Waals surface area contributed by atoms with E-state index in [9.17, 15) is 12.8 Å². The van der Waals surface area contributed by atoms with E-state index < -0.39 is 15.8 Å². The molecule has 11 heteroatoms. The highest BCUT2D eigenvalue weighted by Gasteiger charge is 2.27. The molecule has 30 heavy (non-hydrogen) atoms. The molecule has 1 aliphatic rings. The summed E-state index contributed by atoms with van der Waals surface area (Å²) in [6.07, 6.45) is 9.11. The number of hydrogen-bond donors (Lipinski definition) is 3. The molecule has 4 rings (SSSR count). The van der Waals surface area contributed by atoms with Crippen molar-refractivity contribution in [3.63, 3.8) is 0 Å². The first-order chi connectivity index (χ1) is 14.3. The highest BCUT2D eigenvalue weighted by molar-refractivity contribution is 7.88. The van der Waals surface area contributed by atoms with Gasteiger partial charge < -0.3 is 10.3 Å². The summed E-state index contributed by atoms with van der Waals surface area (Å²) in [6.45, 7) is 0.405. The number of nitrogens with zero attached hydrogens (tertiary/aromatic N) is 3. The van der Waals surface area contributed by atoms with Crippen LogP contribution in [0.3, 0.4) is 0 Å². The lowest BCUT2D eigenvalue weighted by Gasteiger charge is -2.31. The number of H-pyrrole nitrogens is 1. The lowest BCUT2D eigenvalue weighted by atomic mass is 9.85. The van der Waals surface area contributed by atoms with Gasteiger partial charge in [0.05, 0.1) is 17.5 Å².